The summed E-state index contributed by atoms with van der Waals surface area (Å²) in [5.41, 5.74) is 6.93. The molecule has 4 aliphatic rings. The number of hydrogen-bond donors (Lipinski definition) is 2. The number of benzene rings is 1. The van der Waals surface area contributed by atoms with Gasteiger partial charge in [0, 0.05) is 57.9 Å². The standard InChI is InChI=1S/C46H54N12O4/c1-30-9-14-35(48-24-30)40-36(50-43(60)34-25-49-56-21-5-19-47-42(34)56)27-57(52-40)33-12-10-31(11-13-33)26-54-22-17-46(18-23-54)28-55(29-46)20-4-7-32-6-3-8-37-41(32)53(2)45(62)58(37)38-15-16-39(59)51-44(38)61/h3,5-6,8-9,14,19,21,24-25,27,31,33,38H,4,7,10-13,15-18,20,22-23,26,28-29H2,1-2H3,(H,50,60)(H,51,59,61)/t31-,33-,38?. The van der Waals surface area contributed by atoms with Gasteiger partial charge in [0.25, 0.3) is 5.91 Å². The Kier molecular flexibility index (Phi) is 10.6. The average Bonchev–Trinajstić information content (AvgIpc) is 3.96. The molecule has 10 rings (SSSR count). The zero-order valence-electron chi connectivity index (χ0n) is 35.5. The predicted molar refractivity (Wildman–Crippen MR) is 234 cm³/mol. The van der Waals surface area contributed by atoms with Crippen molar-refractivity contribution < 1.29 is 14.4 Å². The topological polar surface area (TPSA) is 170 Å². The van der Waals surface area contributed by atoms with Crippen LogP contribution in [0.25, 0.3) is 28.1 Å². The summed E-state index contributed by atoms with van der Waals surface area (Å²) in [6.45, 7) is 8.81. The molecule has 1 aliphatic carbocycles. The third-order valence-electron chi connectivity index (χ3n) is 14.0. The number of hydrogen-bond acceptors (Lipinski definition) is 10. The maximum absolute atomic E-state index is 13.5. The molecule has 2 N–H and O–H groups in total. The lowest BCUT2D eigenvalue weighted by Gasteiger charge is -2.54. The number of amides is 3. The summed E-state index contributed by atoms with van der Waals surface area (Å²) < 4.78 is 6.88. The first kappa shape index (κ1) is 40.1. The number of pyridine rings is 1. The number of imide groups is 1. The maximum Gasteiger partial charge on any atom is 0.329 e. The molecule has 62 heavy (non-hydrogen) atoms. The summed E-state index contributed by atoms with van der Waals surface area (Å²) in [5, 5.41) is 14.8. The van der Waals surface area contributed by atoms with Gasteiger partial charge in [0.15, 0.2) is 5.65 Å². The number of nitrogens with zero attached hydrogens (tertiary/aromatic N) is 10. The molecule has 0 radical (unpaired) electrons. The van der Waals surface area contributed by atoms with Crippen LogP contribution in [0.1, 0.15) is 91.4 Å². The number of anilines is 1. The molecular formula is C46H54N12O4. The molecule has 3 aliphatic heterocycles. The number of aryl methyl sites for hydroxylation is 3. The molecule has 1 aromatic carbocycles. The third-order valence-corrected chi connectivity index (χ3v) is 14.0. The molecule has 1 spiro atoms. The van der Waals surface area contributed by atoms with Gasteiger partial charge in [-0.2, -0.15) is 10.2 Å². The van der Waals surface area contributed by atoms with Crippen LogP contribution in [0.4, 0.5) is 5.69 Å². The van der Waals surface area contributed by atoms with E-state index in [1.54, 1.807) is 45.4 Å². The van der Waals surface area contributed by atoms with E-state index in [1.165, 1.54) is 12.8 Å². The first-order chi connectivity index (χ1) is 30.1. The lowest BCUT2D eigenvalue weighted by atomic mass is 9.71. The van der Waals surface area contributed by atoms with Crippen molar-refractivity contribution in [2.24, 2.45) is 18.4 Å². The normalized spacial score (nSPS) is 22.0. The molecule has 1 saturated carbocycles. The molecule has 8 heterocycles. The zero-order valence-corrected chi connectivity index (χ0v) is 35.5. The van der Waals surface area contributed by atoms with Crippen LogP contribution in [0.3, 0.4) is 0 Å². The summed E-state index contributed by atoms with van der Waals surface area (Å²) in [6, 6.07) is 11.3. The Balaban J connectivity index is 0.699. The summed E-state index contributed by atoms with van der Waals surface area (Å²) in [4.78, 5) is 65.6. The smallest absolute Gasteiger partial charge is 0.319 e. The fraction of sp³-hybridized carbons (Fsp3) is 0.478. The predicted octanol–water partition coefficient (Wildman–Crippen LogP) is 4.94. The van der Waals surface area contributed by atoms with Crippen molar-refractivity contribution in [2.45, 2.75) is 83.2 Å². The van der Waals surface area contributed by atoms with Crippen LogP contribution in [0.15, 0.2) is 72.2 Å². The fourth-order valence-electron chi connectivity index (χ4n) is 10.6. The summed E-state index contributed by atoms with van der Waals surface area (Å²) >= 11 is 0. The number of nitrogens with one attached hydrogen (secondary N) is 2. The first-order valence-electron chi connectivity index (χ1n) is 22.2. The van der Waals surface area contributed by atoms with E-state index in [0.717, 1.165) is 106 Å². The number of carbonyl (C=O) groups is 3. The van der Waals surface area contributed by atoms with Crippen LogP contribution < -0.4 is 16.3 Å². The highest BCUT2D eigenvalue weighted by atomic mass is 16.2. The highest BCUT2D eigenvalue weighted by Gasteiger charge is 2.44. The van der Waals surface area contributed by atoms with Gasteiger partial charge in [0.05, 0.1) is 34.7 Å². The first-order valence-corrected chi connectivity index (χ1v) is 22.2. The van der Waals surface area contributed by atoms with E-state index in [4.69, 9.17) is 5.10 Å². The van der Waals surface area contributed by atoms with Gasteiger partial charge in [0.2, 0.25) is 11.8 Å². The van der Waals surface area contributed by atoms with Crippen LogP contribution in [0.2, 0.25) is 0 Å². The van der Waals surface area contributed by atoms with E-state index in [1.807, 2.05) is 48.3 Å². The Morgan fingerprint density at radius 3 is 2.55 bits per heavy atom. The van der Waals surface area contributed by atoms with Gasteiger partial charge in [-0.15, -0.1) is 0 Å². The molecule has 5 aromatic heterocycles. The summed E-state index contributed by atoms with van der Waals surface area (Å²) in [7, 11) is 1.78. The second-order valence-corrected chi connectivity index (χ2v) is 18.2. The number of para-hydroxylation sites is 1. The molecule has 3 saturated heterocycles. The number of likely N-dealkylation sites (tertiary alicyclic amines) is 2. The van der Waals surface area contributed by atoms with Gasteiger partial charge in [0.1, 0.15) is 17.3 Å². The number of aromatic nitrogens is 8. The van der Waals surface area contributed by atoms with Crippen molar-refractivity contribution in [3.63, 3.8) is 0 Å². The van der Waals surface area contributed by atoms with Gasteiger partial charge >= 0.3 is 5.69 Å². The van der Waals surface area contributed by atoms with E-state index in [0.29, 0.717) is 40.3 Å². The summed E-state index contributed by atoms with van der Waals surface area (Å²) in [6.07, 6.45) is 18.1. The number of rotatable bonds is 11. The van der Waals surface area contributed by atoms with Crippen molar-refractivity contribution >= 4 is 40.1 Å². The Labute approximate surface area is 359 Å². The van der Waals surface area contributed by atoms with Crippen molar-refractivity contribution in [3.8, 4) is 11.4 Å². The number of imidazole rings is 1. The fourth-order valence-corrected chi connectivity index (χ4v) is 10.6. The quantitative estimate of drug-likeness (QED) is 0.171. The molecule has 6 aromatic rings. The Morgan fingerprint density at radius 1 is 0.952 bits per heavy atom. The lowest BCUT2D eigenvalue weighted by molar-refractivity contribution is -0.135. The van der Waals surface area contributed by atoms with Gasteiger partial charge < -0.3 is 15.1 Å². The largest absolute Gasteiger partial charge is 0.329 e. The Hall–Kier alpha value is -6.00. The SMILES string of the molecule is Cc1ccc(-c2nn([C@H]3CC[C@H](CN4CCC5(CC4)CN(CCCc4cccc6c4n(C)c(=O)n6C4CCC(=O)NC4=O)C5)CC3)cc2NC(=O)c2cnn3cccnc23)nc1. The van der Waals surface area contributed by atoms with Crippen LogP contribution in [0, 0.1) is 18.3 Å². The van der Waals surface area contributed by atoms with Crippen molar-refractivity contribution in [1.29, 1.82) is 0 Å². The van der Waals surface area contributed by atoms with E-state index in [9.17, 15) is 19.2 Å². The number of carbonyl (C=O) groups excluding carboxylic acids is 3. The van der Waals surface area contributed by atoms with E-state index >= 15 is 0 Å². The minimum Gasteiger partial charge on any atom is -0.319 e. The molecule has 1 unspecified atom stereocenters. The Morgan fingerprint density at radius 2 is 1.77 bits per heavy atom. The van der Waals surface area contributed by atoms with Crippen LogP contribution in [0.5, 0.6) is 0 Å². The number of fused-ring (bicyclic) bond motifs is 2. The number of piperidine rings is 2. The highest BCUT2D eigenvalue weighted by Crippen LogP contribution is 2.42. The molecular weight excluding hydrogens is 785 g/mol. The van der Waals surface area contributed by atoms with E-state index in [2.05, 4.69) is 41.6 Å². The van der Waals surface area contributed by atoms with Crippen molar-refractivity contribution in [3.05, 3.63) is 94.6 Å². The second kappa shape index (κ2) is 16.4. The average molecular weight is 839 g/mol. The molecule has 4 fully saturated rings. The molecule has 1 atom stereocenters. The van der Waals surface area contributed by atoms with Gasteiger partial charge in [-0.3, -0.25) is 38.5 Å². The summed E-state index contributed by atoms with van der Waals surface area (Å²) in [5.74, 6) is -0.306. The highest BCUT2D eigenvalue weighted by molar-refractivity contribution is 6.09. The second-order valence-electron chi connectivity index (χ2n) is 18.2. The van der Waals surface area contributed by atoms with E-state index < -0.39 is 11.9 Å². The molecule has 16 nitrogen and oxygen atoms in total. The van der Waals surface area contributed by atoms with Crippen LogP contribution in [-0.2, 0) is 23.1 Å². The lowest BCUT2D eigenvalue weighted by Crippen LogP contribution is -2.60. The monoisotopic (exact) mass is 838 g/mol. The molecule has 322 valence electrons. The van der Waals surface area contributed by atoms with Gasteiger partial charge in [-0.1, -0.05) is 18.2 Å². The molecule has 3 amide bonds. The zero-order chi connectivity index (χ0) is 42.5. The van der Waals surface area contributed by atoms with Crippen LogP contribution >= 0.6 is 0 Å². The van der Waals surface area contributed by atoms with Crippen LogP contribution in [-0.4, -0.2) is 105 Å². The van der Waals surface area contributed by atoms with Crippen molar-refractivity contribution in [1.82, 2.24) is 53.6 Å². The molecule has 16 heteroatoms. The van der Waals surface area contributed by atoms with Gasteiger partial charge in [-0.05, 0) is 125 Å². The maximum atomic E-state index is 13.5. The minimum absolute atomic E-state index is 0.220. The Bertz CT molecular complexity index is 2700. The van der Waals surface area contributed by atoms with E-state index in [-0.39, 0.29) is 30.0 Å². The van der Waals surface area contributed by atoms with Crippen molar-refractivity contribution in [2.75, 3.05) is 44.6 Å². The molecule has 0 bridgehead atoms. The minimum atomic E-state index is -0.672. The van der Waals surface area contributed by atoms with Gasteiger partial charge in [-0.25, -0.2) is 14.3 Å². The third kappa shape index (κ3) is 7.63.